The van der Waals surface area contributed by atoms with Crippen LogP contribution >= 0.6 is 23.1 Å². The first-order valence-corrected chi connectivity index (χ1v) is 13.8. The number of thiazole rings is 1. The Bertz CT molecular complexity index is 1400. The van der Waals surface area contributed by atoms with E-state index >= 15 is 0 Å². The monoisotopic (exact) mass is 519 g/mol. The number of rotatable bonds is 7. The average molecular weight is 520 g/mol. The van der Waals surface area contributed by atoms with Crippen molar-refractivity contribution in [2.45, 2.75) is 48.2 Å². The van der Waals surface area contributed by atoms with E-state index in [2.05, 4.69) is 15.6 Å². The summed E-state index contributed by atoms with van der Waals surface area (Å²) < 4.78 is 15.2. The maximum atomic E-state index is 13.4. The van der Waals surface area contributed by atoms with E-state index in [4.69, 9.17) is 0 Å². The van der Waals surface area contributed by atoms with Crippen LogP contribution in [0.3, 0.4) is 0 Å². The molecule has 8 heteroatoms. The van der Waals surface area contributed by atoms with Crippen LogP contribution in [0.4, 0.5) is 10.1 Å². The molecule has 4 aromatic rings. The Morgan fingerprint density at radius 3 is 2.50 bits per heavy atom. The largest absolute Gasteiger partial charge is 0.349 e. The normalized spacial score (nSPS) is 14.0. The fraction of sp³-hybridized carbons (Fsp3) is 0.250. The summed E-state index contributed by atoms with van der Waals surface area (Å²) in [6.07, 6.45) is 5.42. The van der Waals surface area contributed by atoms with Gasteiger partial charge in [0.1, 0.15) is 5.82 Å². The summed E-state index contributed by atoms with van der Waals surface area (Å²) in [6.45, 7) is 0. The maximum Gasteiger partial charge on any atom is 0.256 e. The minimum Gasteiger partial charge on any atom is -0.349 e. The Balaban J connectivity index is 1.27. The first kappa shape index (κ1) is 24.5. The molecule has 1 aliphatic carbocycles. The summed E-state index contributed by atoms with van der Waals surface area (Å²) in [4.78, 5) is 30.7. The Kier molecular flexibility index (Phi) is 7.63. The van der Waals surface area contributed by atoms with Crippen LogP contribution < -0.4 is 10.6 Å². The van der Waals surface area contributed by atoms with E-state index < -0.39 is 0 Å². The van der Waals surface area contributed by atoms with Crippen molar-refractivity contribution in [2.24, 2.45) is 0 Å². The van der Waals surface area contributed by atoms with E-state index in [1.54, 1.807) is 42.1 Å². The van der Waals surface area contributed by atoms with E-state index in [0.717, 1.165) is 45.8 Å². The van der Waals surface area contributed by atoms with E-state index in [0.29, 0.717) is 22.6 Å². The number of benzene rings is 3. The summed E-state index contributed by atoms with van der Waals surface area (Å²) in [5.41, 5.74) is 3.11. The molecular formula is C28H26FN3O2S2. The average Bonchev–Trinajstić information content (AvgIpc) is 3.30. The number of carbonyl (C=O) groups excluding carboxylic acids is 2. The van der Waals surface area contributed by atoms with E-state index in [-0.39, 0.29) is 23.7 Å². The Labute approximate surface area is 217 Å². The number of anilines is 1. The quantitative estimate of drug-likeness (QED) is 0.257. The van der Waals surface area contributed by atoms with Crippen molar-refractivity contribution in [3.05, 3.63) is 89.2 Å². The fourth-order valence-corrected chi connectivity index (χ4v) is 6.45. The van der Waals surface area contributed by atoms with Crippen molar-refractivity contribution in [1.29, 1.82) is 0 Å². The van der Waals surface area contributed by atoms with Crippen molar-refractivity contribution in [3.63, 3.8) is 0 Å². The Morgan fingerprint density at radius 1 is 0.944 bits per heavy atom. The predicted molar refractivity (Wildman–Crippen MR) is 144 cm³/mol. The topological polar surface area (TPSA) is 71.1 Å². The van der Waals surface area contributed by atoms with Gasteiger partial charge in [0.2, 0.25) is 0 Å². The minimum absolute atomic E-state index is 0.170. The number of carbonyl (C=O) groups is 2. The molecule has 0 aliphatic heterocycles. The fourth-order valence-electron chi connectivity index (χ4n) is 4.40. The second-order valence-electron chi connectivity index (χ2n) is 8.89. The third kappa shape index (κ3) is 5.94. The number of halogens is 1. The van der Waals surface area contributed by atoms with Crippen molar-refractivity contribution in [1.82, 2.24) is 10.3 Å². The highest BCUT2D eigenvalue weighted by molar-refractivity contribution is 8.00. The lowest BCUT2D eigenvalue weighted by molar-refractivity contribution is 0.0917. The SMILES string of the molecule is O=C(Nc1ccc2nc(SCc3cccc(F)c3)sc2c1)c1ccccc1C(=O)NC1CCCCC1. The standard InChI is InChI=1S/C28H26FN3O2S2/c29-19-8-6-7-18(15-19)17-35-28-32-24-14-13-21(16-25(24)36-28)31-27(34)23-12-5-4-11-22(23)26(33)30-20-9-2-1-3-10-20/h4-8,11-16,20H,1-3,9-10,17H2,(H,30,33)(H,31,34). The zero-order valence-electron chi connectivity index (χ0n) is 19.6. The molecule has 5 nitrogen and oxygen atoms in total. The number of fused-ring (bicyclic) bond motifs is 1. The Hall–Kier alpha value is -3.23. The van der Waals surface area contributed by atoms with E-state index in [9.17, 15) is 14.0 Å². The molecule has 0 atom stereocenters. The van der Waals surface area contributed by atoms with Gasteiger partial charge in [-0.05, 0) is 60.9 Å². The van der Waals surface area contributed by atoms with Gasteiger partial charge < -0.3 is 10.6 Å². The van der Waals surface area contributed by atoms with Crippen LogP contribution in [0.1, 0.15) is 58.4 Å². The van der Waals surface area contributed by atoms with Crippen LogP contribution in [0, 0.1) is 5.82 Å². The molecule has 184 valence electrons. The molecule has 2 amide bonds. The van der Waals surface area contributed by atoms with Crippen molar-refractivity contribution in [2.75, 3.05) is 5.32 Å². The smallest absolute Gasteiger partial charge is 0.256 e. The third-order valence-corrected chi connectivity index (χ3v) is 8.47. The van der Waals surface area contributed by atoms with Gasteiger partial charge in [-0.25, -0.2) is 9.37 Å². The van der Waals surface area contributed by atoms with Crippen molar-refractivity contribution in [3.8, 4) is 0 Å². The van der Waals surface area contributed by atoms with Gasteiger partial charge in [-0.15, -0.1) is 11.3 Å². The van der Waals surface area contributed by atoms with Crippen LogP contribution in [0.5, 0.6) is 0 Å². The molecule has 1 aromatic heterocycles. The summed E-state index contributed by atoms with van der Waals surface area (Å²) in [5, 5.41) is 6.03. The van der Waals surface area contributed by atoms with Crippen molar-refractivity contribution < 1.29 is 14.0 Å². The van der Waals surface area contributed by atoms with Gasteiger partial charge in [-0.1, -0.05) is 55.3 Å². The molecular weight excluding hydrogens is 493 g/mol. The molecule has 36 heavy (non-hydrogen) atoms. The molecule has 5 rings (SSSR count). The highest BCUT2D eigenvalue weighted by atomic mass is 32.2. The lowest BCUT2D eigenvalue weighted by Gasteiger charge is -2.23. The van der Waals surface area contributed by atoms with Gasteiger partial charge in [0.15, 0.2) is 4.34 Å². The highest BCUT2D eigenvalue weighted by Gasteiger charge is 2.21. The number of nitrogens with zero attached hydrogens (tertiary/aromatic N) is 1. The molecule has 0 saturated heterocycles. The van der Waals surface area contributed by atoms with E-state index in [1.165, 1.54) is 29.9 Å². The molecule has 1 aliphatic rings. The van der Waals surface area contributed by atoms with Crippen molar-refractivity contribution >= 4 is 50.8 Å². The first-order valence-electron chi connectivity index (χ1n) is 12.0. The molecule has 2 N–H and O–H groups in total. The number of aromatic nitrogens is 1. The highest BCUT2D eigenvalue weighted by Crippen LogP contribution is 2.33. The molecule has 0 spiro atoms. The second kappa shape index (κ2) is 11.2. The van der Waals surface area contributed by atoms with E-state index in [1.807, 2.05) is 24.3 Å². The van der Waals surface area contributed by atoms with Gasteiger partial charge in [0.25, 0.3) is 11.8 Å². The summed E-state index contributed by atoms with van der Waals surface area (Å²) in [5.74, 6) is -0.147. The summed E-state index contributed by atoms with van der Waals surface area (Å²) >= 11 is 3.08. The molecule has 1 saturated carbocycles. The Morgan fingerprint density at radius 2 is 1.72 bits per heavy atom. The lowest BCUT2D eigenvalue weighted by Crippen LogP contribution is -2.37. The first-order chi connectivity index (χ1) is 17.5. The van der Waals surface area contributed by atoms with Gasteiger partial charge in [0.05, 0.1) is 21.3 Å². The molecule has 1 heterocycles. The maximum absolute atomic E-state index is 13.4. The number of hydrogen-bond donors (Lipinski definition) is 2. The summed E-state index contributed by atoms with van der Waals surface area (Å²) in [7, 11) is 0. The molecule has 0 bridgehead atoms. The van der Waals surface area contributed by atoms with Crippen LogP contribution in [0.2, 0.25) is 0 Å². The number of thioether (sulfide) groups is 1. The number of amides is 2. The third-order valence-electron chi connectivity index (χ3n) is 6.23. The van der Waals surface area contributed by atoms with Gasteiger partial charge in [-0.3, -0.25) is 9.59 Å². The van der Waals surface area contributed by atoms with Gasteiger partial charge in [-0.2, -0.15) is 0 Å². The van der Waals surface area contributed by atoms with Crippen LogP contribution in [-0.2, 0) is 5.75 Å². The molecule has 1 fully saturated rings. The van der Waals surface area contributed by atoms with Crippen LogP contribution in [0.25, 0.3) is 10.2 Å². The number of hydrogen-bond acceptors (Lipinski definition) is 5. The van der Waals surface area contributed by atoms with Crippen LogP contribution in [-0.4, -0.2) is 22.8 Å². The lowest BCUT2D eigenvalue weighted by atomic mass is 9.95. The van der Waals surface area contributed by atoms with Gasteiger partial charge in [0, 0.05) is 17.5 Å². The summed E-state index contributed by atoms with van der Waals surface area (Å²) in [6, 6.07) is 19.2. The van der Waals surface area contributed by atoms with Gasteiger partial charge >= 0.3 is 0 Å². The number of nitrogens with one attached hydrogen (secondary N) is 2. The second-order valence-corrected chi connectivity index (χ2v) is 11.1. The zero-order valence-corrected chi connectivity index (χ0v) is 21.3. The molecule has 3 aromatic carbocycles. The molecule has 0 radical (unpaired) electrons. The predicted octanol–water partition coefficient (Wildman–Crippen LogP) is 7.04. The molecule has 0 unspecified atom stereocenters. The zero-order chi connectivity index (χ0) is 24.9. The minimum atomic E-state index is -0.325. The van der Waals surface area contributed by atoms with Crippen LogP contribution in [0.15, 0.2) is 71.1 Å².